The van der Waals surface area contributed by atoms with Gasteiger partial charge >= 0.3 is 0 Å². The van der Waals surface area contributed by atoms with Gasteiger partial charge in [0.15, 0.2) is 12.5 Å². The van der Waals surface area contributed by atoms with E-state index in [0.717, 1.165) is 12.0 Å². The van der Waals surface area contributed by atoms with E-state index < -0.39 is 6.23 Å². The Hall–Kier alpha value is -2.01. The lowest BCUT2D eigenvalue weighted by Gasteiger charge is -2.13. The van der Waals surface area contributed by atoms with Gasteiger partial charge in [0.2, 0.25) is 0 Å². The molecule has 0 aliphatic heterocycles. The zero-order chi connectivity index (χ0) is 12.4. The van der Waals surface area contributed by atoms with Crippen LogP contribution in [0.5, 0.6) is 0 Å². The lowest BCUT2D eigenvalue weighted by molar-refractivity contribution is 0.111. The fraction of sp³-hybridized carbons (Fsp3) is 0.250. The highest BCUT2D eigenvalue weighted by molar-refractivity contribution is 5.75. The number of aldehydes is 1. The minimum Gasteiger partial charge on any atom is -0.368 e. The number of carbonyl (C=O) groups is 1. The Bertz CT molecular complexity index is 528. The molecular weight excluding hydrogens is 218 g/mol. The highest BCUT2D eigenvalue weighted by Gasteiger charge is 2.11. The number of aryl methyl sites for hydroxylation is 2. The number of rotatable bonds is 4. The minimum atomic E-state index is -0.795. The number of aliphatic hydroxyl groups excluding tert-OH is 1. The van der Waals surface area contributed by atoms with Crippen molar-refractivity contribution in [2.24, 2.45) is 14.1 Å². The molecule has 0 radical (unpaired) electrons. The predicted molar refractivity (Wildman–Crippen MR) is 64.8 cm³/mol. The van der Waals surface area contributed by atoms with Crippen LogP contribution in [0.2, 0.25) is 0 Å². The van der Waals surface area contributed by atoms with Crippen molar-refractivity contribution >= 4 is 12.0 Å². The molecule has 5 heteroatoms. The highest BCUT2D eigenvalue weighted by atomic mass is 16.3. The SMILES string of the molecule is Cn1cc(NC(O)c2cccn2C)cc1C=O. The van der Waals surface area contributed by atoms with Gasteiger partial charge < -0.3 is 19.6 Å². The van der Waals surface area contributed by atoms with Gasteiger partial charge in [-0.3, -0.25) is 4.79 Å². The van der Waals surface area contributed by atoms with E-state index in [1.165, 1.54) is 0 Å². The van der Waals surface area contributed by atoms with Crippen LogP contribution in [-0.2, 0) is 14.1 Å². The van der Waals surface area contributed by atoms with Gasteiger partial charge in [-0.05, 0) is 18.2 Å². The second-order valence-electron chi connectivity index (χ2n) is 3.97. The lowest BCUT2D eigenvalue weighted by Crippen LogP contribution is -2.12. The number of nitrogens with zero attached hydrogens (tertiary/aromatic N) is 2. The van der Waals surface area contributed by atoms with Crippen molar-refractivity contribution in [2.75, 3.05) is 5.32 Å². The van der Waals surface area contributed by atoms with Gasteiger partial charge in [0, 0.05) is 26.5 Å². The molecule has 0 aliphatic carbocycles. The largest absolute Gasteiger partial charge is 0.368 e. The number of aromatic nitrogens is 2. The van der Waals surface area contributed by atoms with Gasteiger partial charge in [-0.15, -0.1) is 0 Å². The maximum Gasteiger partial charge on any atom is 0.166 e. The van der Waals surface area contributed by atoms with Gasteiger partial charge in [0.1, 0.15) is 0 Å². The molecule has 0 bridgehead atoms. The molecule has 0 fully saturated rings. The van der Waals surface area contributed by atoms with Crippen molar-refractivity contribution in [3.63, 3.8) is 0 Å². The number of hydrogen-bond acceptors (Lipinski definition) is 3. The number of carbonyl (C=O) groups excluding carboxylic acids is 1. The first-order valence-corrected chi connectivity index (χ1v) is 5.29. The number of nitrogens with one attached hydrogen (secondary N) is 1. The Labute approximate surface area is 99.3 Å². The summed E-state index contributed by atoms with van der Waals surface area (Å²) in [5, 5.41) is 12.9. The summed E-state index contributed by atoms with van der Waals surface area (Å²) in [6.45, 7) is 0. The van der Waals surface area contributed by atoms with Crippen molar-refractivity contribution in [1.82, 2.24) is 9.13 Å². The molecule has 0 saturated carbocycles. The van der Waals surface area contributed by atoms with Crippen LogP contribution in [0.25, 0.3) is 0 Å². The van der Waals surface area contributed by atoms with E-state index in [1.54, 1.807) is 23.9 Å². The van der Waals surface area contributed by atoms with E-state index >= 15 is 0 Å². The molecule has 0 spiro atoms. The number of hydrogen-bond donors (Lipinski definition) is 2. The summed E-state index contributed by atoms with van der Waals surface area (Å²) in [5.41, 5.74) is 2.04. The van der Waals surface area contributed by atoms with Crippen molar-refractivity contribution in [2.45, 2.75) is 6.23 Å². The summed E-state index contributed by atoms with van der Waals surface area (Å²) >= 11 is 0. The first-order chi connectivity index (χ1) is 8.11. The third-order valence-corrected chi connectivity index (χ3v) is 2.73. The van der Waals surface area contributed by atoms with Crippen molar-refractivity contribution in [1.29, 1.82) is 0 Å². The number of aliphatic hydroxyl groups is 1. The Morgan fingerprint density at radius 1 is 1.41 bits per heavy atom. The smallest absolute Gasteiger partial charge is 0.166 e. The van der Waals surface area contributed by atoms with Gasteiger partial charge in [0.25, 0.3) is 0 Å². The normalized spacial score (nSPS) is 12.4. The van der Waals surface area contributed by atoms with E-state index in [-0.39, 0.29) is 0 Å². The molecule has 2 aromatic rings. The molecule has 0 aromatic carbocycles. The second kappa shape index (κ2) is 4.47. The quantitative estimate of drug-likeness (QED) is 0.617. The first kappa shape index (κ1) is 11.5. The molecule has 90 valence electrons. The maximum absolute atomic E-state index is 10.7. The highest BCUT2D eigenvalue weighted by Crippen LogP contribution is 2.18. The van der Waals surface area contributed by atoms with Crippen LogP contribution in [0, 0.1) is 0 Å². The van der Waals surface area contributed by atoms with Crippen LogP contribution >= 0.6 is 0 Å². The van der Waals surface area contributed by atoms with Gasteiger partial charge in [-0.2, -0.15) is 0 Å². The van der Waals surface area contributed by atoms with Crippen molar-refractivity contribution in [3.05, 3.63) is 42.0 Å². The van der Waals surface area contributed by atoms with E-state index in [2.05, 4.69) is 5.32 Å². The summed E-state index contributed by atoms with van der Waals surface area (Å²) in [6, 6.07) is 5.39. The molecular formula is C12H15N3O2. The Balaban J connectivity index is 2.15. The van der Waals surface area contributed by atoms with Crippen molar-refractivity contribution < 1.29 is 9.90 Å². The van der Waals surface area contributed by atoms with E-state index in [0.29, 0.717) is 11.4 Å². The molecule has 0 amide bonds. The van der Waals surface area contributed by atoms with Gasteiger partial charge in [-0.1, -0.05) is 0 Å². The van der Waals surface area contributed by atoms with Crippen LogP contribution in [0.15, 0.2) is 30.6 Å². The molecule has 0 saturated heterocycles. The molecule has 0 aliphatic rings. The van der Waals surface area contributed by atoms with Crippen LogP contribution < -0.4 is 5.32 Å². The third-order valence-electron chi connectivity index (χ3n) is 2.73. The maximum atomic E-state index is 10.7. The monoisotopic (exact) mass is 233 g/mol. The topological polar surface area (TPSA) is 59.2 Å². The summed E-state index contributed by atoms with van der Waals surface area (Å²) in [4.78, 5) is 10.7. The molecule has 2 aromatic heterocycles. The number of anilines is 1. The van der Waals surface area contributed by atoms with Crippen LogP contribution in [0.3, 0.4) is 0 Å². The molecule has 1 atom stereocenters. The summed E-state index contributed by atoms with van der Waals surface area (Å²) in [5.74, 6) is 0. The van der Waals surface area contributed by atoms with E-state index in [1.807, 2.05) is 29.9 Å². The Kier molecular flexibility index (Phi) is 3.01. The Morgan fingerprint density at radius 2 is 2.18 bits per heavy atom. The zero-order valence-corrected chi connectivity index (χ0v) is 9.79. The first-order valence-electron chi connectivity index (χ1n) is 5.29. The molecule has 2 N–H and O–H groups in total. The lowest BCUT2D eigenvalue weighted by atomic mass is 10.3. The standard InChI is InChI=1S/C12H15N3O2/c1-14-5-3-4-11(14)12(17)13-9-6-10(8-16)15(2)7-9/h3-8,12-13,17H,1-2H3. The molecule has 17 heavy (non-hydrogen) atoms. The van der Waals surface area contributed by atoms with E-state index in [4.69, 9.17) is 0 Å². The summed E-state index contributed by atoms with van der Waals surface area (Å²) in [6.07, 6.45) is 3.61. The molecule has 2 rings (SSSR count). The fourth-order valence-corrected chi connectivity index (χ4v) is 1.77. The predicted octanol–water partition coefficient (Wildman–Crippen LogP) is 1.28. The zero-order valence-electron chi connectivity index (χ0n) is 9.79. The van der Waals surface area contributed by atoms with E-state index in [9.17, 15) is 9.90 Å². The Morgan fingerprint density at radius 3 is 2.71 bits per heavy atom. The average Bonchev–Trinajstić information content (AvgIpc) is 2.84. The second-order valence-corrected chi connectivity index (χ2v) is 3.97. The summed E-state index contributed by atoms with van der Waals surface area (Å²) in [7, 11) is 3.64. The summed E-state index contributed by atoms with van der Waals surface area (Å²) < 4.78 is 3.54. The van der Waals surface area contributed by atoms with Crippen LogP contribution in [0.4, 0.5) is 5.69 Å². The average molecular weight is 233 g/mol. The van der Waals surface area contributed by atoms with Gasteiger partial charge in [-0.25, -0.2) is 0 Å². The van der Waals surface area contributed by atoms with Gasteiger partial charge in [0.05, 0.1) is 17.1 Å². The minimum absolute atomic E-state index is 0.562. The van der Waals surface area contributed by atoms with Crippen LogP contribution in [0.1, 0.15) is 22.4 Å². The fourth-order valence-electron chi connectivity index (χ4n) is 1.77. The molecule has 2 heterocycles. The molecule has 1 unspecified atom stereocenters. The molecule has 5 nitrogen and oxygen atoms in total. The third kappa shape index (κ3) is 2.24. The van der Waals surface area contributed by atoms with Crippen LogP contribution in [-0.4, -0.2) is 20.5 Å². The van der Waals surface area contributed by atoms with Crippen molar-refractivity contribution in [3.8, 4) is 0 Å².